The van der Waals surface area contributed by atoms with Gasteiger partial charge in [0.2, 0.25) is 0 Å². The monoisotopic (exact) mass is 343 g/mol. The zero-order valence-corrected chi connectivity index (χ0v) is 13.7. The minimum absolute atomic E-state index is 0.124. The van der Waals surface area contributed by atoms with E-state index in [0.29, 0.717) is 25.3 Å². The molecule has 1 rings (SSSR count). The highest BCUT2D eigenvalue weighted by molar-refractivity contribution is 9.10. The van der Waals surface area contributed by atoms with Gasteiger partial charge in [0.1, 0.15) is 5.75 Å². The molecule has 5 heteroatoms. The van der Waals surface area contributed by atoms with Gasteiger partial charge in [-0.25, -0.2) is 0 Å². The number of carbonyl (C=O) groups is 1. The third kappa shape index (κ3) is 5.82. The molecule has 4 nitrogen and oxygen atoms in total. The molecule has 0 fully saturated rings. The summed E-state index contributed by atoms with van der Waals surface area (Å²) in [6, 6.07) is 3.82. The molecule has 20 heavy (non-hydrogen) atoms. The maximum atomic E-state index is 11.1. The van der Waals surface area contributed by atoms with Crippen LogP contribution in [-0.4, -0.2) is 19.2 Å². The fourth-order valence-electron chi connectivity index (χ4n) is 1.91. The van der Waals surface area contributed by atoms with Crippen molar-refractivity contribution in [3.63, 3.8) is 0 Å². The van der Waals surface area contributed by atoms with E-state index >= 15 is 0 Å². The lowest BCUT2D eigenvalue weighted by Gasteiger charge is -2.12. The van der Waals surface area contributed by atoms with Crippen molar-refractivity contribution in [1.29, 1.82) is 0 Å². The summed E-state index contributed by atoms with van der Waals surface area (Å²) in [6.07, 6.45) is 3.15. The number of hydrogen-bond acceptors (Lipinski definition) is 4. The van der Waals surface area contributed by atoms with E-state index in [2.05, 4.69) is 15.9 Å². The molecule has 1 aromatic rings. The zero-order valence-electron chi connectivity index (χ0n) is 12.1. The molecule has 112 valence electrons. The predicted octanol–water partition coefficient (Wildman–Crippen LogP) is 3.84. The van der Waals surface area contributed by atoms with Crippen LogP contribution in [0.2, 0.25) is 0 Å². The summed E-state index contributed by atoms with van der Waals surface area (Å²) >= 11 is 3.40. The average molecular weight is 344 g/mol. The van der Waals surface area contributed by atoms with Crippen molar-refractivity contribution < 1.29 is 14.3 Å². The van der Waals surface area contributed by atoms with Gasteiger partial charge < -0.3 is 15.2 Å². The van der Waals surface area contributed by atoms with Crippen molar-refractivity contribution in [3.05, 3.63) is 22.2 Å². The molecule has 0 radical (unpaired) electrons. The number of benzene rings is 1. The highest BCUT2D eigenvalue weighted by Gasteiger charge is 2.06. The number of unbranched alkanes of at least 4 members (excludes halogenated alkanes) is 2. The number of aryl methyl sites for hydroxylation is 1. The van der Waals surface area contributed by atoms with E-state index < -0.39 is 0 Å². The lowest BCUT2D eigenvalue weighted by atomic mass is 10.2. The summed E-state index contributed by atoms with van der Waals surface area (Å²) in [5, 5.41) is 0. The van der Waals surface area contributed by atoms with Gasteiger partial charge in [0.05, 0.1) is 18.9 Å². The Morgan fingerprint density at radius 2 is 2.05 bits per heavy atom. The molecular weight excluding hydrogens is 322 g/mol. The van der Waals surface area contributed by atoms with E-state index in [1.807, 2.05) is 26.0 Å². The van der Waals surface area contributed by atoms with Crippen LogP contribution < -0.4 is 10.5 Å². The third-order valence-corrected chi connectivity index (χ3v) is 3.30. The highest BCUT2D eigenvalue weighted by Crippen LogP contribution is 2.30. The molecule has 2 N–H and O–H groups in total. The molecule has 0 atom stereocenters. The summed E-state index contributed by atoms with van der Waals surface area (Å²) in [7, 11) is 0. The molecule has 0 aliphatic heterocycles. The Bertz CT molecular complexity index is 426. The van der Waals surface area contributed by atoms with Crippen molar-refractivity contribution in [2.45, 2.75) is 39.5 Å². The minimum atomic E-state index is -0.124. The fourth-order valence-corrected chi connectivity index (χ4v) is 2.50. The SMILES string of the molecule is CCOC(=O)CCCCCOc1c(C)cc(Br)cc1N. The Labute approximate surface area is 128 Å². The molecule has 0 spiro atoms. The van der Waals surface area contributed by atoms with E-state index in [1.54, 1.807) is 0 Å². The first-order chi connectivity index (χ1) is 9.54. The van der Waals surface area contributed by atoms with Gasteiger partial charge in [0.15, 0.2) is 0 Å². The Morgan fingerprint density at radius 1 is 1.30 bits per heavy atom. The fraction of sp³-hybridized carbons (Fsp3) is 0.533. The van der Waals surface area contributed by atoms with Gasteiger partial charge in [-0.2, -0.15) is 0 Å². The largest absolute Gasteiger partial charge is 0.491 e. The Balaban J connectivity index is 2.23. The summed E-state index contributed by atoms with van der Waals surface area (Å²) < 4.78 is 11.5. The average Bonchev–Trinajstić information content (AvgIpc) is 2.36. The standard InChI is InChI=1S/C15H22BrNO3/c1-3-19-14(18)7-5-4-6-8-20-15-11(2)9-12(16)10-13(15)17/h9-10H,3-8,17H2,1-2H3. The lowest BCUT2D eigenvalue weighted by molar-refractivity contribution is -0.143. The van der Waals surface area contributed by atoms with Gasteiger partial charge in [-0.3, -0.25) is 4.79 Å². The second-order valence-electron chi connectivity index (χ2n) is 4.61. The molecule has 1 aromatic carbocycles. The van der Waals surface area contributed by atoms with Gasteiger partial charge in [0, 0.05) is 10.9 Å². The third-order valence-electron chi connectivity index (χ3n) is 2.85. The van der Waals surface area contributed by atoms with E-state index in [9.17, 15) is 4.79 Å². The smallest absolute Gasteiger partial charge is 0.305 e. The van der Waals surface area contributed by atoms with Crippen molar-refractivity contribution >= 4 is 27.6 Å². The van der Waals surface area contributed by atoms with E-state index in [4.69, 9.17) is 15.2 Å². The van der Waals surface area contributed by atoms with Gasteiger partial charge >= 0.3 is 5.97 Å². The number of anilines is 1. The highest BCUT2D eigenvalue weighted by atomic mass is 79.9. The van der Waals surface area contributed by atoms with Gasteiger partial charge in [-0.05, 0) is 50.8 Å². The molecule has 0 unspecified atom stereocenters. The maximum Gasteiger partial charge on any atom is 0.305 e. The number of hydrogen-bond donors (Lipinski definition) is 1. The van der Waals surface area contributed by atoms with Crippen molar-refractivity contribution in [3.8, 4) is 5.75 Å². The first kappa shape index (κ1) is 16.8. The number of carbonyl (C=O) groups excluding carboxylic acids is 1. The predicted molar refractivity (Wildman–Crippen MR) is 83.9 cm³/mol. The lowest BCUT2D eigenvalue weighted by Crippen LogP contribution is -2.05. The normalized spacial score (nSPS) is 10.3. The van der Waals surface area contributed by atoms with Crippen LogP contribution in [0.1, 0.15) is 38.2 Å². The summed E-state index contributed by atoms with van der Waals surface area (Å²) in [6.45, 7) is 4.84. The molecular formula is C15H22BrNO3. The van der Waals surface area contributed by atoms with Gasteiger partial charge in [0.25, 0.3) is 0 Å². The number of nitrogen functional groups attached to an aromatic ring is 1. The number of halogens is 1. The summed E-state index contributed by atoms with van der Waals surface area (Å²) in [5.74, 6) is 0.625. The summed E-state index contributed by atoms with van der Waals surface area (Å²) in [5.41, 5.74) is 7.58. The Morgan fingerprint density at radius 3 is 2.70 bits per heavy atom. The molecule has 0 amide bonds. The first-order valence-electron chi connectivity index (χ1n) is 6.88. The topological polar surface area (TPSA) is 61.5 Å². The quantitative estimate of drug-likeness (QED) is 0.442. The molecule has 0 bridgehead atoms. The maximum absolute atomic E-state index is 11.1. The van der Waals surface area contributed by atoms with Crippen LogP contribution in [0, 0.1) is 6.92 Å². The molecule has 0 saturated carbocycles. The Hall–Kier alpha value is -1.23. The van der Waals surface area contributed by atoms with Crippen LogP contribution in [-0.2, 0) is 9.53 Å². The first-order valence-corrected chi connectivity index (χ1v) is 7.68. The van der Waals surface area contributed by atoms with Gasteiger partial charge in [-0.15, -0.1) is 0 Å². The van der Waals surface area contributed by atoms with Crippen LogP contribution >= 0.6 is 15.9 Å². The van der Waals surface area contributed by atoms with Crippen LogP contribution in [0.4, 0.5) is 5.69 Å². The number of rotatable bonds is 8. The van der Waals surface area contributed by atoms with Crippen LogP contribution in [0.25, 0.3) is 0 Å². The van der Waals surface area contributed by atoms with Crippen LogP contribution in [0.15, 0.2) is 16.6 Å². The van der Waals surface area contributed by atoms with E-state index in [-0.39, 0.29) is 5.97 Å². The Kier molecular flexibility index (Phi) is 7.44. The molecule has 0 aliphatic rings. The molecule has 0 heterocycles. The zero-order chi connectivity index (χ0) is 15.0. The second-order valence-corrected chi connectivity index (χ2v) is 5.52. The summed E-state index contributed by atoms with van der Waals surface area (Å²) in [4.78, 5) is 11.1. The van der Waals surface area contributed by atoms with Gasteiger partial charge in [-0.1, -0.05) is 15.9 Å². The van der Waals surface area contributed by atoms with Crippen molar-refractivity contribution in [1.82, 2.24) is 0 Å². The van der Waals surface area contributed by atoms with Crippen LogP contribution in [0.5, 0.6) is 5.75 Å². The van der Waals surface area contributed by atoms with Crippen molar-refractivity contribution in [2.75, 3.05) is 18.9 Å². The van der Waals surface area contributed by atoms with Crippen LogP contribution in [0.3, 0.4) is 0 Å². The van der Waals surface area contributed by atoms with Crippen molar-refractivity contribution in [2.24, 2.45) is 0 Å². The molecule has 0 aromatic heterocycles. The van der Waals surface area contributed by atoms with E-state index in [1.165, 1.54) is 0 Å². The van der Waals surface area contributed by atoms with E-state index in [0.717, 1.165) is 35.0 Å². The molecule has 0 saturated heterocycles. The molecule has 0 aliphatic carbocycles. The second kappa shape index (κ2) is 8.84. The number of nitrogens with two attached hydrogens (primary N) is 1. The number of ether oxygens (including phenoxy) is 2. The number of esters is 1. The minimum Gasteiger partial charge on any atom is -0.491 e.